The molecule has 17 heteroatoms. The molecule has 72 heavy (non-hydrogen) atoms. The summed E-state index contributed by atoms with van der Waals surface area (Å²) < 4.78 is 71.1. The average Bonchev–Trinajstić information content (AvgIpc) is 3.30. The highest BCUT2D eigenvalue weighted by Crippen LogP contribution is 2.31. The lowest BCUT2D eigenvalue weighted by atomic mass is 9.91. The quantitative estimate of drug-likeness (QED) is 0.0223. The van der Waals surface area contributed by atoms with Crippen LogP contribution in [0, 0.1) is 47.3 Å². The first-order valence-electron chi connectivity index (χ1n) is 28.4. The molecule has 2 heterocycles. The van der Waals surface area contributed by atoms with Gasteiger partial charge in [-0.05, 0) is 60.2 Å². The molecule has 11 unspecified atom stereocenters. The molecule has 2 fully saturated rings. The molecular weight excluding hydrogens is 949 g/mol. The van der Waals surface area contributed by atoms with E-state index in [1.54, 1.807) is 0 Å². The van der Waals surface area contributed by atoms with Gasteiger partial charge in [0.1, 0.15) is 54.9 Å². The minimum Gasteiger partial charge on any atom is -0.394 e. The van der Waals surface area contributed by atoms with Crippen molar-refractivity contribution in [2.45, 2.75) is 265 Å². The number of rotatable bonds is 42. The van der Waals surface area contributed by atoms with Crippen LogP contribution < -0.4 is 0 Å². The second-order valence-electron chi connectivity index (χ2n) is 23.5. The molecule has 7 N–H and O–H groups in total. The van der Waals surface area contributed by atoms with Crippen LogP contribution in [0.15, 0.2) is 0 Å². The Morgan fingerprint density at radius 3 is 1.31 bits per heavy atom. The number of aliphatic hydroxyl groups excluding tert-OH is 6. The molecule has 0 amide bonds. The summed E-state index contributed by atoms with van der Waals surface area (Å²) in [6.45, 7) is 22.8. The van der Waals surface area contributed by atoms with Gasteiger partial charge in [0.25, 0.3) is 0 Å². The summed E-state index contributed by atoms with van der Waals surface area (Å²) in [5.74, 6) is 5.57. The average molecular weight is 1060 g/mol. The van der Waals surface area contributed by atoms with E-state index in [4.69, 9.17) is 33.0 Å². The Bertz CT molecular complexity index is 1440. The van der Waals surface area contributed by atoms with Crippen molar-refractivity contribution >= 4 is 10.4 Å². The van der Waals surface area contributed by atoms with Crippen LogP contribution in [0.25, 0.3) is 0 Å². The molecule has 430 valence electrons. The van der Waals surface area contributed by atoms with Crippen molar-refractivity contribution in [2.24, 2.45) is 47.3 Å². The van der Waals surface area contributed by atoms with Crippen LogP contribution >= 0.6 is 0 Å². The van der Waals surface area contributed by atoms with E-state index >= 15 is 0 Å². The molecule has 0 aromatic heterocycles. The van der Waals surface area contributed by atoms with Crippen LogP contribution in [-0.2, 0) is 43.0 Å². The van der Waals surface area contributed by atoms with E-state index in [0.29, 0.717) is 31.0 Å². The van der Waals surface area contributed by atoms with Gasteiger partial charge < -0.3 is 59.1 Å². The van der Waals surface area contributed by atoms with E-state index in [1.165, 1.54) is 103 Å². The zero-order valence-electron chi connectivity index (χ0n) is 46.6. The Balaban J connectivity index is 1.92. The minimum atomic E-state index is -4.95. The smallest absolute Gasteiger partial charge is 0.394 e. The molecule has 0 radical (unpaired) electrons. The summed E-state index contributed by atoms with van der Waals surface area (Å²) in [7, 11) is -4.95. The first-order valence-corrected chi connectivity index (χ1v) is 29.8. The molecule has 2 aliphatic heterocycles. The lowest BCUT2D eigenvalue weighted by Crippen LogP contribution is -2.64. The molecule has 0 bridgehead atoms. The van der Waals surface area contributed by atoms with Crippen LogP contribution in [-0.4, -0.2) is 151 Å². The topological polar surface area (TPSA) is 240 Å². The lowest BCUT2D eigenvalue weighted by molar-refractivity contribution is -0.360. The summed E-state index contributed by atoms with van der Waals surface area (Å²) in [6, 6.07) is 0. The predicted octanol–water partition coefficient (Wildman–Crippen LogP) is 8.79. The number of hydrogen-bond acceptors (Lipinski definition) is 15. The SMILES string of the molecule is CC(C)CCCC(C)CCCC(C)CCCC(C)CCOCC(CO[C@@H]1OC(CO)[C@@H](O[C@@H]2OC(COS(=O)(=O)O)[C@H](O)C(O)[C@@H]2O)C(O)[C@@H]1O)OCCC(C)CCCC(C)CCCC(C)CCCC(C)C. The fourth-order valence-electron chi connectivity index (χ4n) is 9.99. The van der Waals surface area contributed by atoms with Crippen LogP contribution in [0.3, 0.4) is 0 Å². The van der Waals surface area contributed by atoms with Gasteiger partial charge in [0.05, 0.1) is 26.4 Å². The van der Waals surface area contributed by atoms with Crippen molar-refractivity contribution in [2.75, 3.05) is 39.6 Å². The first-order chi connectivity index (χ1) is 34.0. The van der Waals surface area contributed by atoms with Crippen molar-refractivity contribution in [1.82, 2.24) is 0 Å². The van der Waals surface area contributed by atoms with E-state index in [1.807, 2.05) is 0 Å². The highest BCUT2D eigenvalue weighted by Gasteiger charge is 2.51. The normalized spacial score (nSPS) is 28.3. The molecule has 16 nitrogen and oxygen atoms in total. The number of ether oxygens (including phenoxy) is 6. The Hall–Kier alpha value is -0.610. The largest absolute Gasteiger partial charge is 0.397 e. The zero-order valence-corrected chi connectivity index (χ0v) is 47.4. The second-order valence-corrected chi connectivity index (χ2v) is 24.6. The monoisotopic (exact) mass is 1060 g/mol. The molecule has 0 spiro atoms. The first kappa shape index (κ1) is 67.5. The van der Waals surface area contributed by atoms with Gasteiger partial charge in [0, 0.05) is 13.2 Å². The van der Waals surface area contributed by atoms with E-state index in [9.17, 15) is 39.1 Å². The molecule has 0 aromatic rings. The molecule has 17 atom stereocenters. The van der Waals surface area contributed by atoms with Gasteiger partial charge in [-0.1, -0.05) is 185 Å². The van der Waals surface area contributed by atoms with Gasteiger partial charge in [-0.2, -0.15) is 8.42 Å². The molecule has 0 aromatic carbocycles. The van der Waals surface area contributed by atoms with Gasteiger partial charge in [0.15, 0.2) is 12.6 Å². The van der Waals surface area contributed by atoms with Crippen molar-refractivity contribution in [3.05, 3.63) is 0 Å². The van der Waals surface area contributed by atoms with Crippen LogP contribution in [0.4, 0.5) is 0 Å². The third kappa shape index (κ3) is 29.2. The summed E-state index contributed by atoms with van der Waals surface area (Å²) in [6.07, 6.45) is 7.17. The van der Waals surface area contributed by atoms with Gasteiger partial charge in [-0.25, -0.2) is 4.18 Å². The van der Waals surface area contributed by atoms with Gasteiger partial charge in [-0.15, -0.1) is 0 Å². The van der Waals surface area contributed by atoms with Crippen LogP contribution in [0.5, 0.6) is 0 Å². The highest BCUT2D eigenvalue weighted by molar-refractivity contribution is 7.80. The maximum Gasteiger partial charge on any atom is 0.397 e. The molecule has 0 aliphatic carbocycles. The maximum atomic E-state index is 11.2. The summed E-state index contributed by atoms with van der Waals surface area (Å²) in [4.78, 5) is 0. The Morgan fingerprint density at radius 2 is 0.875 bits per heavy atom. The van der Waals surface area contributed by atoms with Crippen LogP contribution in [0.1, 0.15) is 198 Å². The van der Waals surface area contributed by atoms with E-state index in [2.05, 4.69) is 73.4 Å². The summed E-state index contributed by atoms with van der Waals surface area (Å²) >= 11 is 0. The minimum absolute atomic E-state index is 0.0610. The third-order valence-corrected chi connectivity index (χ3v) is 15.6. The van der Waals surface area contributed by atoms with E-state index in [-0.39, 0.29) is 13.2 Å². The maximum absolute atomic E-state index is 11.2. The third-order valence-electron chi connectivity index (χ3n) is 15.2. The van der Waals surface area contributed by atoms with E-state index < -0.39 is 91.1 Å². The van der Waals surface area contributed by atoms with Crippen molar-refractivity contribution in [3.63, 3.8) is 0 Å². The van der Waals surface area contributed by atoms with Crippen LogP contribution in [0.2, 0.25) is 0 Å². The molecular formula is C55H108O16S. The van der Waals surface area contributed by atoms with Gasteiger partial charge in [-0.3, -0.25) is 4.55 Å². The molecule has 2 saturated heterocycles. The highest BCUT2D eigenvalue weighted by atomic mass is 32.3. The zero-order chi connectivity index (χ0) is 53.8. The van der Waals surface area contributed by atoms with Gasteiger partial charge in [0.2, 0.25) is 0 Å². The lowest BCUT2D eigenvalue weighted by Gasteiger charge is -2.46. The summed E-state index contributed by atoms with van der Waals surface area (Å²) in [5, 5.41) is 64.1. The van der Waals surface area contributed by atoms with Crippen molar-refractivity contribution < 1.29 is 76.2 Å². The van der Waals surface area contributed by atoms with Crippen molar-refractivity contribution in [3.8, 4) is 0 Å². The fraction of sp³-hybridized carbons (Fsp3) is 1.00. The Labute approximate surface area is 437 Å². The molecule has 0 saturated carbocycles. The number of aliphatic hydroxyl groups is 6. The Kier molecular flexibility index (Phi) is 34.9. The Morgan fingerprint density at radius 1 is 0.472 bits per heavy atom. The fourth-order valence-corrected chi connectivity index (χ4v) is 10.3. The summed E-state index contributed by atoms with van der Waals surface area (Å²) in [5.41, 5.74) is 0. The van der Waals surface area contributed by atoms with Gasteiger partial charge >= 0.3 is 10.4 Å². The standard InChI is InChI=1S/C55H108O16S/c1-37(2)17-11-19-39(5)21-13-23-41(7)25-15-27-43(9)29-31-65-34-45(66-32-30-44(10)28-16-26-42(8)24-14-22-40(6)20-12-18-38(3)4)35-67-54-52(61)50(59)53(46(33-56)69-54)71-55-51(60)49(58)48(57)47(70-55)36-68-72(62,63)64/h37-61H,11-36H2,1-10H3,(H,62,63,64)/t39?,40?,41?,42?,43?,44?,45?,46?,47?,48-,49?,50?,51-,52-,53+,54+,55-/m0/s1. The predicted molar refractivity (Wildman–Crippen MR) is 280 cm³/mol. The van der Waals surface area contributed by atoms with Crippen molar-refractivity contribution in [1.29, 1.82) is 0 Å². The van der Waals surface area contributed by atoms with E-state index in [0.717, 1.165) is 55.3 Å². The second kappa shape index (κ2) is 37.2. The molecule has 2 aliphatic rings. The number of hydrogen-bond donors (Lipinski definition) is 7. The molecule has 2 rings (SSSR count).